The van der Waals surface area contributed by atoms with Gasteiger partial charge in [-0.05, 0) is 49.1 Å². The van der Waals surface area contributed by atoms with Crippen molar-refractivity contribution in [2.75, 3.05) is 0 Å². The Kier molecular flexibility index (Phi) is 4.05. The maximum absolute atomic E-state index is 14.0. The number of imidazole rings is 1. The molecule has 0 spiro atoms. The van der Waals surface area contributed by atoms with Gasteiger partial charge in [-0.2, -0.15) is 13.2 Å². The Labute approximate surface area is 180 Å². The minimum Gasteiger partial charge on any atom is -0.464 e. The Morgan fingerprint density at radius 2 is 1.91 bits per heavy atom. The van der Waals surface area contributed by atoms with Crippen LogP contribution >= 0.6 is 0 Å². The zero-order valence-electron chi connectivity index (χ0n) is 16.6. The lowest BCUT2D eigenvalue weighted by Gasteiger charge is -2.16. The van der Waals surface area contributed by atoms with Gasteiger partial charge in [0.15, 0.2) is 0 Å². The summed E-state index contributed by atoms with van der Waals surface area (Å²) in [5.74, 6) is 0.684. The van der Waals surface area contributed by atoms with Gasteiger partial charge >= 0.3 is 6.18 Å². The maximum Gasteiger partial charge on any atom is 0.417 e. The standard InChI is InChI=1S/C24H16F3N3O2/c25-24(26,27)18-12-15(6-7-16(18)19-2-1-3-21-28-10-11-30(19)21)32-23-22-17(14-4-5-14)13-31-20(22)8-9-29-23/h1-3,6-14H,4-5H2. The van der Waals surface area contributed by atoms with E-state index < -0.39 is 11.7 Å². The second-order valence-corrected chi connectivity index (χ2v) is 7.83. The average Bonchev–Trinajstić information content (AvgIpc) is 3.33. The lowest BCUT2D eigenvalue weighted by Crippen LogP contribution is -2.08. The van der Waals surface area contributed by atoms with Crippen molar-refractivity contribution in [2.45, 2.75) is 24.9 Å². The Hall–Kier alpha value is -3.81. The fourth-order valence-corrected chi connectivity index (χ4v) is 4.07. The van der Waals surface area contributed by atoms with E-state index in [1.807, 2.05) is 0 Å². The number of alkyl halides is 3. The normalized spacial score (nSPS) is 14.3. The number of rotatable bonds is 4. The van der Waals surface area contributed by atoms with E-state index in [1.54, 1.807) is 47.3 Å². The summed E-state index contributed by atoms with van der Waals surface area (Å²) in [5, 5.41) is 0.718. The number of ether oxygens (including phenoxy) is 1. The quantitative estimate of drug-likeness (QED) is 0.310. The predicted octanol–water partition coefficient (Wildman–Crippen LogP) is 6.83. The Morgan fingerprint density at radius 3 is 2.72 bits per heavy atom. The molecule has 4 aromatic heterocycles. The summed E-state index contributed by atoms with van der Waals surface area (Å²) in [7, 11) is 0. The molecule has 0 bridgehead atoms. The van der Waals surface area contributed by atoms with Crippen molar-refractivity contribution in [3.8, 4) is 22.9 Å². The molecule has 160 valence electrons. The zero-order chi connectivity index (χ0) is 21.9. The van der Waals surface area contributed by atoms with Gasteiger partial charge in [-0.25, -0.2) is 9.97 Å². The van der Waals surface area contributed by atoms with Gasteiger partial charge < -0.3 is 9.15 Å². The minimum atomic E-state index is -4.58. The van der Waals surface area contributed by atoms with E-state index in [4.69, 9.17) is 9.15 Å². The molecule has 0 atom stereocenters. The van der Waals surface area contributed by atoms with E-state index in [0.29, 0.717) is 22.8 Å². The van der Waals surface area contributed by atoms with Gasteiger partial charge in [0.05, 0.1) is 22.9 Å². The van der Waals surface area contributed by atoms with Crippen LogP contribution < -0.4 is 4.74 Å². The Bertz CT molecular complexity index is 1460. The van der Waals surface area contributed by atoms with Crippen LogP contribution in [0, 0.1) is 0 Å². The molecule has 0 saturated heterocycles. The van der Waals surface area contributed by atoms with Gasteiger partial charge in [-0.3, -0.25) is 4.40 Å². The first kappa shape index (κ1) is 18.9. The number of halogens is 3. The van der Waals surface area contributed by atoms with E-state index in [0.717, 1.165) is 29.9 Å². The molecule has 0 N–H and O–H groups in total. The molecular formula is C24H16F3N3O2. The van der Waals surface area contributed by atoms with Crippen LogP contribution in [-0.2, 0) is 6.18 Å². The molecule has 4 heterocycles. The second-order valence-electron chi connectivity index (χ2n) is 7.83. The SMILES string of the molecule is FC(F)(F)c1cc(Oc2nccc3occ(C4CC4)c23)ccc1-c1cccc2nccn12. The molecule has 1 aliphatic rings. The highest BCUT2D eigenvalue weighted by molar-refractivity contribution is 5.87. The smallest absolute Gasteiger partial charge is 0.417 e. The van der Waals surface area contributed by atoms with Gasteiger partial charge in [0, 0.05) is 35.8 Å². The molecule has 1 aromatic carbocycles. The van der Waals surface area contributed by atoms with Crippen LogP contribution in [0.25, 0.3) is 27.9 Å². The van der Waals surface area contributed by atoms with Crippen LogP contribution in [0.1, 0.15) is 29.9 Å². The van der Waals surface area contributed by atoms with Crippen molar-refractivity contribution in [1.82, 2.24) is 14.4 Å². The molecule has 5 aromatic rings. The fraction of sp³-hybridized carbons (Fsp3) is 0.167. The van der Waals surface area contributed by atoms with Crippen LogP contribution in [0.3, 0.4) is 0 Å². The van der Waals surface area contributed by atoms with E-state index in [-0.39, 0.29) is 17.2 Å². The third-order valence-electron chi connectivity index (χ3n) is 5.71. The van der Waals surface area contributed by atoms with Crippen molar-refractivity contribution in [3.05, 3.63) is 78.4 Å². The van der Waals surface area contributed by atoms with Crippen LogP contribution in [0.5, 0.6) is 11.6 Å². The zero-order valence-corrected chi connectivity index (χ0v) is 16.6. The lowest BCUT2D eigenvalue weighted by atomic mass is 10.0. The molecule has 1 saturated carbocycles. The van der Waals surface area contributed by atoms with Crippen molar-refractivity contribution in [2.24, 2.45) is 0 Å². The van der Waals surface area contributed by atoms with Gasteiger partial charge in [0.2, 0.25) is 5.88 Å². The number of nitrogens with zero attached hydrogens (tertiary/aromatic N) is 3. The van der Waals surface area contributed by atoms with Crippen molar-refractivity contribution < 1.29 is 22.3 Å². The molecule has 0 amide bonds. The number of pyridine rings is 2. The highest BCUT2D eigenvalue weighted by Gasteiger charge is 2.35. The number of furan rings is 1. The van der Waals surface area contributed by atoms with Crippen LogP contribution in [-0.4, -0.2) is 14.4 Å². The maximum atomic E-state index is 14.0. The van der Waals surface area contributed by atoms with Gasteiger partial charge in [-0.15, -0.1) is 0 Å². The minimum absolute atomic E-state index is 0.0431. The second kappa shape index (κ2) is 6.85. The number of benzene rings is 1. The summed E-state index contributed by atoms with van der Waals surface area (Å²) in [6, 6.07) is 10.7. The first-order valence-electron chi connectivity index (χ1n) is 10.2. The summed E-state index contributed by atoms with van der Waals surface area (Å²) in [5.41, 5.74) is 1.81. The Morgan fingerprint density at radius 1 is 1.03 bits per heavy atom. The summed E-state index contributed by atoms with van der Waals surface area (Å²) in [6.45, 7) is 0. The van der Waals surface area contributed by atoms with Crippen LogP contribution in [0.15, 0.2) is 71.7 Å². The number of aromatic nitrogens is 3. The van der Waals surface area contributed by atoms with Crippen molar-refractivity contribution >= 4 is 16.6 Å². The first-order chi connectivity index (χ1) is 15.5. The summed E-state index contributed by atoms with van der Waals surface area (Å²) in [4.78, 5) is 8.44. The largest absolute Gasteiger partial charge is 0.464 e. The average molecular weight is 435 g/mol. The molecule has 5 nitrogen and oxygen atoms in total. The van der Waals surface area contributed by atoms with Gasteiger partial charge in [0.25, 0.3) is 0 Å². The third kappa shape index (κ3) is 3.10. The van der Waals surface area contributed by atoms with E-state index in [9.17, 15) is 13.2 Å². The summed E-state index contributed by atoms with van der Waals surface area (Å²) in [6.07, 6.45) is 3.93. The molecule has 6 rings (SSSR count). The van der Waals surface area contributed by atoms with Crippen LogP contribution in [0.4, 0.5) is 13.2 Å². The Balaban J connectivity index is 1.46. The number of hydrogen-bond acceptors (Lipinski definition) is 4. The molecule has 0 aliphatic heterocycles. The third-order valence-corrected chi connectivity index (χ3v) is 5.71. The first-order valence-corrected chi connectivity index (χ1v) is 10.2. The number of hydrogen-bond donors (Lipinski definition) is 0. The number of fused-ring (bicyclic) bond motifs is 2. The summed E-state index contributed by atoms with van der Waals surface area (Å²) < 4.78 is 55.3. The predicted molar refractivity (Wildman–Crippen MR) is 112 cm³/mol. The molecule has 1 fully saturated rings. The van der Waals surface area contributed by atoms with Gasteiger partial charge in [0.1, 0.15) is 17.0 Å². The monoisotopic (exact) mass is 435 g/mol. The van der Waals surface area contributed by atoms with Crippen LogP contribution in [0.2, 0.25) is 0 Å². The molecule has 0 unspecified atom stereocenters. The molecule has 0 radical (unpaired) electrons. The molecule has 1 aliphatic carbocycles. The van der Waals surface area contributed by atoms with E-state index >= 15 is 0 Å². The van der Waals surface area contributed by atoms with Gasteiger partial charge in [-0.1, -0.05) is 6.07 Å². The summed E-state index contributed by atoms with van der Waals surface area (Å²) >= 11 is 0. The highest BCUT2D eigenvalue weighted by Crippen LogP contribution is 2.47. The lowest BCUT2D eigenvalue weighted by molar-refractivity contribution is -0.137. The van der Waals surface area contributed by atoms with Crippen molar-refractivity contribution in [1.29, 1.82) is 0 Å². The molecule has 32 heavy (non-hydrogen) atoms. The highest BCUT2D eigenvalue weighted by atomic mass is 19.4. The molecule has 8 heteroatoms. The fourth-order valence-electron chi connectivity index (χ4n) is 4.07. The molecular weight excluding hydrogens is 419 g/mol. The van der Waals surface area contributed by atoms with E-state index in [1.165, 1.54) is 18.3 Å². The topological polar surface area (TPSA) is 52.6 Å². The van der Waals surface area contributed by atoms with Crippen molar-refractivity contribution in [3.63, 3.8) is 0 Å². The van der Waals surface area contributed by atoms with E-state index in [2.05, 4.69) is 9.97 Å².